The molecule has 0 atom stereocenters. The first-order valence-corrected chi connectivity index (χ1v) is 12.9. The van der Waals surface area contributed by atoms with E-state index >= 15 is 0 Å². The summed E-state index contributed by atoms with van der Waals surface area (Å²) < 4.78 is 8.45. The van der Waals surface area contributed by atoms with Crippen LogP contribution in [0.3, 0.4) is 0 Å². The minimum atomic E-state index is -0.653. The number of benzene rings is 2. The van der Waals surface area contributed by atoms with Crippen LogP contribution in [0.4, 0.5) is 0 Å². The molecule has 5 aromatic rings. The Bertz CT molecular complexity index is 1770. The van der Waals surface area contributed by atoms with E-state index in [-0.39, 0.29) is 40.9 Å². The van der Waals surface area contributed by atoms with Crippen molar-refractivity contribution in [1.82, 2.24) is 14.0 Å². The normalized spacial score (nSPS) is 11.7. The predicted molar refractivity (Wildman–Crippen MR) is 148 cm³/mol. The second-order valence-electron chi connectivity index (χ2n) is 9.06. The fraction of sp³-hybridized carbons (Fsp3) is 0.194. The first-order valence-electron chi connectivity index (χ1n) is 12.9. The van der Waals surface area contributed by atoms with E-state index in [0.717, 1.165) is 11.1 Å². The third-order valence-electron chi connectivity index (χ3n) is 6.45. The van der Waals surface area contributed by atoms with Crippen LogP contribution < -0.4 is 11.0 Å². The minimum Gasteiger partial charge on any atom is -0.462 e. The molecule has 0 spiro atoms. The van der Waals surface area contributed by atoms with Crippen LogP contribution in [-0.2, 0) is 28.9 Å². The lowest BCUT2D eigenvalue weighted by Crippen LogP contribution is -2.33. The fourth-order valence-corrected chi connectivity index (χ4v) is 4.52. The van der Waals surface area contributed by atoms with E-state index in [4.69, 9.17) is 9.72 Å². The standard InChI is InChI=1S/C31H28N4O4/c1-2-39-31(38)25-21-24-28(32-26-15-9-10-19-34(26)30(24)37)35(20-18-23-13-7-4-8-14-23)29(25)33-27(36)17-16-22-11-5-3-6-12-22/h3-15,19,21H,2,16-18,20H2,1H3. The molecule has 0 saturated carbocycles. The molecule has 196 valence electrons. The molecule has 3 aromatic heterocycles. The molecule has 0 aliphatic carbocycles. The summed E-state index contributed by atoms with van der Waals surface area (Å²) in [7, 11) is 0. The number of nitrogens with zero attached hydrogens (tertiary/aromatic N) is 4. The summed E-state index contributed by atoms with van der Waals surface area (Å²) in [5, 5.41) is 0.241. The molecule has 0 bridgehead atoms. The highest BCUT2D eigenvalue weighted by atomic mass is 16.5. The third-order valence-corrected chi connectivity index (χ3v) is 6.45. The summed E-state index contributed by atoms with van der Waals surface area (Å²) in [6, 6.07) is 26.2. The van der Waals surface area contributed by atoms with Gasteiger partial charge in [0.1, 0.15) is 16.9 Å². The average molecular weight is 521 g/mol. The van der Waals surface area contributed by atoms with Crippen LogP contribution in [0.5, 0.6) is 0 Å². The molecular weight excluding hydrogens is 492 g/mol. The Morgan fingerprint density at radius 3 is 2.26 bits per heavy atom. The Morgan fingerprint density at radius 2 is 1.56 bits per heavy atom. The van der Waals surface area contributed by atoms with Gasteiger partial charge < -0.3 is 9.30 Å². The number of carbonyl (C=O) groups is 2. The highest BCUT2D eigenvalue weighted by Crippen LogP contribution is 2.13. The van der Waals surface area contributed by atoms with Crippen LogP contribution in [0.25, 0.3) is 16.7 Å². The van der Waals surface area contributed by atoms with Gasteiger partial charge in [0.15, 0.2) is 5.49 Å². The van der Waals surface area contributed by atoms with Crippen molar-refractivity contribution in [3.05, 3.63) is 124 Å². The largest absolute Gasteiger partial charge is 0.462 e. The number of rotatable bonds is 8. The van der Waals surface area contributed by atoms with E-state index < -0.39 is 5.97 Å². The number of aromatic nitrogens is 3. The van der Waals surface area contributed by atoms with Gasteiger partial charge in [-0.25, -0.2) is 9.78 Å². The number of hydrogen-bond donors (Lipinski definition) is 0. The van der Waals surface area contributed by atoms with Gasteiger partial charge in [-0.3, -0.25) is 14.0 Å². The van der Waals surface area contributed by atoms with Crippen LogP contribution in [0.2, 0.25) is 0 Å². The summed E-state index contributed by atoms with van der Waals surface area (Å²) in [4.78, 5) is 49.0. The first kappa shape index (κ1) is 25.8. The molecule has 0 fully saturated rings. The quantitative estimate of drug-likeness (QED) is 0.227. The van der Waals surface area contributed by atoms with Crippen molar-refractivity contribution < 1.29 is 14.3 Å². The molecule has 2 aromatic carbocycles. The summed E-state index contributed by atoms with van der Waals surface area (Å²) in [6.07, 6.45) is 2.88. The molecule has 8 heteroatoms. The van der Waals surface area contributed by atoms with Crippen molar-refractivity contribution >= 4 is 28.6 Å². The Balaban J connectivity index is 1.71. The van der Waals surface area contributed by atoms with Gasteiger partial charge in [0, 0.05) is 19.2 Å². The monoisotopic (exact) mass is 520 g/mol. The molecule has 39 heavy (non-hydrogen) atoms. The van der Waals surface area contributed by atoms with Crippen molar-refractivity contribution in [2.24, 2.45) is 4.99 Å². The second-order valence-corrected chi connectivity index (χ2v) is 9.06. The highest BCUT2D eigenvalue weighted by molar-refractivity contribution is 5.93. The number of hydrogen-bond acceptors (Lipinski definition) is 5. The number of carbonyl (C=O) groups excluding carboxylic acids is 2. The second kappa shape index (κ2) is 11.7. The minimum absolute atomic E-state index is 0.0558. The topological polar surface area (TPSA) is 95.0 Å². The molecule has 0 aliphatic heterocycles. The summed E-state index contributed by atoms with van der Waals surface area (Å²) in [6.45, 7) is 2.18. The molecule has 0 radical (unpaired) electrons. The van der Waals surface area contributed by atoms with Crippen LogP contribution in [0.15, 0.2) is 101 Å². The lowest BCUT2D eigenvalue weighted by atomic mass is 10.1. The zero-order valence-corrected chi connectivity index (χ0v) is 21.6. The van der Waals surface area contributed by atoms with Crippen molar-refractivity contribution in [3.8, 4) is 0 Å². The Hall–Kier alpha value is -4.85. The number of ether oxygens (including phenoxy) is 1. The number of aryl methyl sites for hydroxylation is 3. The highest BCUT2D eigenvalue weighted by Gasteiger charge is 2.20. The van der Waals surface area contributed by atoms with Gasteiger partial charge in [-0.05, 0) is 49.1 Å². The zero-order chi connectivity index (χ0) is 27.2. The van der Waals surface area contributed by atoms with Gasteiger partial charge in [0.05, 0.1) is 12.0 Å². The van der Waals surface area contributed by atoms with Gasteiger partial charge in [0.25, 0.3) is 5.56 Å². The van der Waals surface area contributed by atoms with Gasteiger partial charge in [0.2, 0.25) is 5.91 Å². The number of esters is 1. The Labute approximate surface area is 224 Å². The van der Waals surface area contributed by atoms with E-state index in [1.165, 1.54) is 10.5 Å². The van der Waals surface area contributed by atoms with Crippen molar-refractivity contribution in [3.63, 3.8) is 0 Å². The smallest absolute Gasteiger partial charge is 0.341 e. The van der Waals surface area contributed by atoms with Crippen LogP contribution in [-0.4, -0.2) is 32.4 Å². The number of pyridine rings is 2. The van der Waals surface area contributed by atoms with Gasteiger partial charge >= 0.3 is 5.97 Å². The summed E-state index contributed by atoms with van der Waals surface area (Å²) >= 11 is 0. The van der Waals surface area contributed by atoms with Crippen LogP contribution in [0, 0.1) is 0 Å². The van der Waals surface area contributed by atoms with Crippen molar-refractivity contribution in [1.29, 1.82) is 0 Å². The number of fused-ring (bicyclic) bond motifs is 2. The molecule has 3 heterocycles. The van der Waals surface area contributed by atoms with Crippen LogP contribution in [0.1, 0.15) is 34.8 Å². The predicted octanol–water partition coefficient (Wildman–Crippen LogP) is 4.13. The molecule has 5 rings (SSSR count). The SMILES string of the molecule is CCOC(=O)c1cc2c(=O)n3ccccc3nc2n(CCc2ccccc2)c1=NC(=O)CCc1ccccc1. The Kier molecular flexibility index (Phi) is 7.73. The van der Waals surface area contributed by atoms with Gasteiger partial charge in [-0.15, -0.1) is 0 Å². The van der Waals surface area contributed by atoms with Crippen molar-refractivity contribution in [2.75, 3.05) is 6.61 Å². The summed E-state index contributed by atoms with van der Waals surface area (Å²) in [5.41, 5.74) is 2.75. The maximum absolute atomic E-state index is 13.5. The van der Waals surface area contributed by atoms with Gasteiger partial charge in [-0.2, -0.15) is 4.99 Å². The third kappa shape index (κ3) is 5.70. The first-order chi connectivity index (χ1) is 19.0. The average Bonchev–Trinajstić information content (AvgIpc) is 2.97. The molecule has 0 N–H and O–H groups in total. The van der Waals surface area contributed by atoms with E-state index in [9.17, 15) is 14.4 Å². The maximum Gasteiger partial charge on any atom is 0.341 e. The van der Waals surface area contributed by atoms with E-state index in [1.54, 1.807) is 35.9 Å². The zero-order valence-electron chi connectivity index (χ0n) is 21.6. The molecule has 0 aliphatic rings. The van der Waals surface area contributed by atoms with Gasteiger partial charge in [-0.1, -0.05) is 66.7 Å². The van der Waals surface area contributed by atoms with Crippen molar-refractivity contribution in [2.45, 2.75) is 32.7 Å². The summed E-state index contributed by atoms with van der Waals surface area (Å²) in [5.74, 6) is -1.03. The lowest BCUT2D eigenvalue weighted by molar-refractivity contribution is -0.118. The van der Waals surface area contributed by atoms with Crippen LogP contribution >= 0.6 is 0 Å². The lowest BCUT2D eigenvalue weighted by Gasteiger charge is -2.15. The molecule has 1 amide bonds. The molecule has 8 nitrogen and oxygen atoms in total. The molecule has 0 unspecified atom stereocenters. The molecular formula is C31H28N4O4. The maximum atomic E-state index is 13.5. The number of amides is 1. The van der Waals surface area contributed by atoms with E-state index in [2.05, 4.69) is 4.99 Å². The fourth-order valence-electron chi connectivity index (χ4n) is 4.52. The van der Waals surface area contributed by atoms with E-state index in [1.807, 2.05) is 60.7 Å². The Morgan fingerprint density at radius 1 is 0.897 bits per heavy atom. The molecule has 0 saturated heterocycles. The van der Waals surface area contributed by atoms with E-state index in [0.29, 0.717) is 30.7 Å².